The number of halogens is 2. The van der Waals surface area contributed by atoms with Crippen molar-refractivity contribution in [2.75, 3.05) is 4.43 Å². The Labute approximate surface area is 152 Å². The first kappa shape index (κ1) is 19.6. The van der Waals surface area contributed by atoms with Gasteiger partial charge in [-0.15, -0.1) is 11.3 Å². The van der Waals surface area contributed by atoms with Gasteiger partial charge in [-0.2, -0.15) is 0 Å². The van der Waals surface area contributed by atoms with Crippen molar-refractivity contribution >= 4 is 59.9 Å². The van der Waals surface area contributed by atoms with Crippen LogP contribution in [-0.4, -0.2) is 23.8 Å². The lowest BCUT2D eigenvalue weighted by molar-refractivity contribution is 0.219. The quantitative estimate of drug-likeness (QED) is 0.286. The zero-order valence-corrected chi connectivity index (χ0v) is 18.4. The van der Waals surface area contributed by atoms with Crippen molar-refractivity contribution in [1.82, 2.24) is 4.98 Å². The average molecular weight is 458 g/mol. The molecule has 21 heavy (non-hydrogen) atoms. The Morgan fingerprint density at radius 1 is 1.52 bits per heavy atom. The van der Waals surface area contributed by atoms with E-state index >= 15 is 0 Å². The smallest absolute Gasteiger partial charge is 0.192 e. The highest BCUT2D eigenvalue weighted by Gasteiger charge is 2.39. The lowest BCUT2D eigenvalue weighted by Crippen LogP contribution is -2.44. The van der Waals surface area contributed by atoms with Crippen LogP contribution in [0.5, 0.6) is 0 Å². The molecule has 0 spiro atoms. The molecule has 0 amide bonds. The molecule has 0 bridgehead atoms. The molecule has 0 fully saturated rings. The maximum atomic E-state index is 6.55. The number of hydrogen-bond acceptors (Lipinski definition) is 3. The van der Waals surface area contributed by atoms with E-state index in [2.05, 4.69) is 61.4 Å². The van der Waals surface area contributed by atoms with E-state index in [-0.39, 0.29) is 11.1 Å². The first-order chi connectivity index (χ1) is 9.56. The van der Waals surface area contributed by atoms with Gasteiger partial charge in [0, 0.05) is 14.8 Å². The second-order valence-electron chi connectivity index (χ2n) is 6.67. The normalized spacial score (nSPS) is 15.3. The van der Waals surface area contributed by atoms with E-state index in [1.807, 2.05) is 18.4 Å². The summed E-state index contributed by atoms with van der Waals surface area (Å²) in [5.74, 6) is 0. The largest absolute Gasteiger partial charge is 0.409 e. The zero-order valence-electron chi connectivity index (χ0n) is 13.7. The Bertz CT molecular complexity index is 496. The Hall–Kier alpha value is 0.567. The van der Waals surface area contributed by atoms with Crippen LogP contribution in [0.2, 0.25) is 18.1 Å². The van der Waals surface area contributed by atoms with Gasteiger partial charge in [0.2, 0.25) is 0 Å². The van der Waals surface area contributed by atoms with Crippen molar-refractivity contribution in [3.8, 4) is 0 Å². The van der Waals surface area contributed by atoms with Gasteiger partial charge in [-0.25, -0.2) is 4.98 Å². The molecule has 1 aromatic rings. The third-order valence-electron chi connectivity index (χ3n) is 3.84. The Kier molecular flexibility index (Phi) is 7.38. The van der Waals surface area contributed by atoms with Crippen LogP contribution in [0, 0.1) is 6.92 Å². The average Bonchev–Trinajstić information content (AvgIpc) is 2.72. The van der Waals surface area contributed by atoms with Gasteiger partial charge < -0.3 is 4.43 Å². The van der Waals surface area contributed by atoms with Gasteiger partial charge in [-0.1, -0.05) is 55.0 Å². The number of rotatable bonds is 6. The SMILES string of the molecule is Cc1nc(/C=C(\Cl)[C@H](CCI)O[Si](C)(C)C(C)(C)C)cs1. The molecule has 0 saturated heterocycles. The van der Waals surface area contributed by atoms with E-state index in [1.165, 1.54) is 0 Å². The van der Waals surface area contributed by atoms with Crippen molar-refractivity contribution in [3.63, 3.8) is 0 Å². The van der Waals surface area contributed by atoms with E-state index in [9.17, 15) is 0 Å². The summed E-state index contributed by atoms with van der Waals surface area (Å²) in [7, 11) is -1.83. The van der Waals surface area contributed by atoms with Crippen molar-refractivity contribution in [2.24, 2.45) is 0 Å². The number of thiazole rings is 1. The molecule has 2 nitrogen and oxygen atoms in total. The van der Waals surface area contributed by atoms with Crippen LogP contribution in [0.1, 0.15) is 37.9 Å². The fourth-order valence-electron chi connectivity index (χ4n) is 1.57. The molecule has 0 aromatic carbocycles. The molecular weight excluding hydrogens is 433 g/mol. The summed E-state index contributed by atoms with van der Waals surface area (Å²) in [6, 6.07) is 0. The molecule has 1 atom stereocenters. The summed E-state index contributed by atoms with van der Waals surface area (Å²) < 4.78 is 7.52. The molecule has 1 aromatic heterocycles. The van der Waals surface area contributed by atoms with E-state index in [0.717, 1.165) is 26.6 Å². The topological polar surface area (TPSA) is 22.1 Å². The third-order valence-corrected chi connectivity index (χ3v) is 10.1. The van der Waals surface area contributed by atoms with Gasteiger partial charge in [0.25, 0.3) is 0 Å². The molecule has 6 heteroatoms. The van der Waals surface area contributed by atoms with Crippen molar-refractivity contribution in [3.05, 3.63) is 21.1 Å². The molecule has 0 saturated carbocycles. The van der Waals surface area contributed by atoms with E-state index in [4.69, 9.17) is 16.0 Å². The molecule has 0 radical (unpaired) electrons. The van der Waals surface area contributed by atoms with Gasteiger partial charge in [-0.3, -0.25) is 0 Å². The van der Waals surface area contributed by atoms with Gasteiger partial charge in [-0.05, 0) is 37.6 Å². The molecule has 1 rings (SSSR count). The van der Waals surface area contributed by atoms with Crippen molar-refractivity contribution < 1.29 is 4.43 Å². The summed E-state index contributed by atoms with van der Waals surface area (Å²) in [6.45, 7) is 13.3. The van der Waals surface area contributed by atoms with Crippen LogP contribution in [-0.2, 0) is 4.43 Å². The first-order valence-corrected chi connectivity index (χ1v) is 12.8. The van der Waals surface area contributed by atoms with Gasteiger partial charge >= 0.3 is 0 Å². The summed E-state index contributed by atoms with van der Waals surface area (Å²) >= 11 is 10.6. The van der Waals surface area contributed by atoms with E-state index in [0.29, 0.717) is 0 Å². The molecule has 0 unspecified atom stereocenters. The predicted molar refractivity (Wildman–Crippen MR) is 106 cm³/mol. The maximum absolute atomic E-state index is 6.55. The highest BCUT2D eigenvalue weighted by molar-refractivity contribution is 14.1. The predicted octanol–water partition coefficient (Wildman–Crippen LogP) is 6.25. The Morgan fingerprint density at radius 2 is 2.14 bits per heavy atom. The van der Waals surface area contributed by atoms with Crippen LogP contribution in [0.3, 0.4) is 0 Å². The lowest BCUT2D eigenvalue weighted by atomic mass is 10.2. The van der Waals surface area contributed by atoms with Crippen LogP contribution in [0.4, 0.5) is 0 Å². The number of alkyl halides is 1. The molecule has 120 valence electrons. The lowest BCUT2D eigenvalue weighted by Gasteiger charge is -2.39. The fraction of sp³-hybridized carbons (Fsp3) is 0.667. The van der Waals surface area contributed by atoms with Crippen molar-refractivity contribution in [2.45, 2.75) is 58.4 Å². The number of nitrogens with zero attached hydrogens (tertiary/aromatic N) is 1. The van der Waals surface area contributed by atoms with Crippen LogP contribution >= 0.6 is 45.5 Å². The highest BCUT2D eigenvalue weighted by Crippen LogP contribution is 2.39. The second kappa shape index (κ2) is 7.90. The van der Waals surface area contributed by atoms with E-state index in [1.54, 1.807) is 11.3 Å². The summed E-state index contributed by atoms with van der Waals surface area (Å²) in [4.78, 5) is 4.45. The number of aromatic nitrogens is 1. The standard InChI is InChI=1S/C15H25ClINOSSi/c1-11-18-12(10-20-11)9-13(16)14(7-8-17)19-21(5,6)15(2,3)4/h9-10,14H,7-8H2,1-6H3/b13-9-/t14-/m0/s1. The summed E-state index contributed by atoms with van der Waals surface area (Å²) in [5.41, 5.74) is 0.930. The minimum atomic E-state index is -1.83. The molecule has 0 N–H and O–H groups in total. The molecule has 0 aliphatic rings. The minimum Gasteiger partial charge on any atom is -0.409 e. The van der Waals surface area contributed by atoms with Crippen LogP contribution < -0.4 is 0 Å². The van der Waals surface area contributed by atoms with Gasteiger partial charge in [0.15, 0.2) is 8.32 Å². The summed E-state index contributed by atoms with van der Waals surface area (Å²) in [5, 5.41) is 4.04. The minimum absolute atomic E-state index is 0.0218. The number of aryl methyl sites for hydroxylation is 1. The fourth-order valence-corrected chi connectivity index (χ4v) is 4.35. The van der Waals surface area contributed by atoms with E-state index < -0.39 is 8.32 Å². The third kappa shape index (κ3) is 5.93. The Morgan fingerprint density at radius 3 is 2.57 bits per heavy atom. The number of hydrogen-bond donors (Lipinski definition) is 0. The van der Waals surface area contributed by atoms with Crippen molar-refractivity contribution in [1.29, 1.82) is 0 Å². The summed E-state index contributed by atoms with van der Waals surface area (Å²) in [6.07, 6.45) is 2.87. The monoisotopic (exact) mass is 457 g/mol. The molecule has 0 aliphatic carbocycles. The molecule has 0 aliphatic heterocycles. The Balaban J connectivity index is 2.93. The van der Waals surface area contributed by atoms with Gasteiger partial charge in [0.1, 0.15) is 0 Å². The second-order valence-corrected chi connectivity index (χ2v) is 14.0. The zero-order chi connectivity index (χ0) is 16.3. The molecule has 1 heterocycles. The van der Waals surface area contributed by atoms with Crippen LogP contribution in [0.25, 0.3) is 6.08 Å². The maximum Gasteiger partial charge on any atom is 0.192 e. The van der Waals surface area contributed by atoms with Gasteiger partial charge in [0.05, 0.1) is 16.8 Å². The highest BCUT2D eigenvalue weighted by atomic mass is 127. The molecular formula is C15H25ClINOSSi. The first-order valence-electron chi connectivity index (χ1n) is 7.10. The van der Waals surface area contributed by atoms with Crippen LogP contribution in [0.15, 0.2) is 10.4 Å².